The molecule has 0 bridgehead atoms. The van der Waals surface area contributed by atoms with Crippen molar-refractivity contribution in [3.8, 4) is 17.8 Å². The van der Waals surface area contributed by atoms with Crippen LogP contribution in [-0.2, 0) is 6.18 Å². The number of hydrogen-bond acceptors (Lipinski definition) is 7. The summed E-state index contributed by atoms with van der Waals surface area (Å²) >= 11 is 3.12. The van der Waals surface area contributed by atoms with Gasteiger partial charge in [0.05, 0.1) is 16.7 Å². The molecule has 1 heterocycles. The van der Waals surface area contributed by atoms with Crippen LogP contribution >= 0.6 is 15.9 Å². The minimum atomic E-state index is -4.75. The number of allylic oxidation sites excluding steroid dienone is 2. The first-order chi connectivity index (χ1) is 13.1. The first-order valence-corrected chi connectivity index (χ1v) is 7.83. The molecule has 0 amide bonds. The molecule has 2 rings (SSSR count). The number of aromatic nitrogens is 2. The van der Waals surface area contributed by atoms with Gasteiger partial charge in [0.2, 0.25) is 0 Å². The smallest absolute Gasteiger partial charge is 0.388 e. The van der Waals surface area contributed by atoms with E-state index in [9.17, 15) is 23.3 Å². The predicted octanol–water partition coefficient (Wildman–Crippen LogP) is 3.20. The quantitative estimate of drug-likeness (QED) is 0.325. The van der Waals surface area contributed by atoms with Crippen molar-refractivity contribution >= 4 is 27.8 Å². The van der Waals surface area contributed by atoms with Crippen LogP contribution < -0.4 is 5.73 Å². The van der Waals surface area contributed by atoms with Crippen LogP contribution in [0.5, 0.6) is 0 Å². The molecule has 2 N–H and O–H groups in total. The van der Waals surface area contributed by atoms with E-state index in [0.29, 0.717) is 12.1 Å². The van der Waals surface area contributed by atoms with Crippen molar-refractivity contribution in [2.45, 2.75) is 6.18 Å². The van der Waals surface area contributed by atoms with Crippen molar-refractivity contribution in [3.05, 3.63) is 61.6 Å². The number of nitriles is 2. The SMILES string of the molecule is N#C/C(N)=C(\C#N)N=Cc1cnn(-c2ccc(C(F)(F)F)cc2[N+](=O)[O-])c1Br. The number of alkyl halides is 3. The topological polar surface area (TPSA) is 147 Å². The van der Waals surface area contributed by atoms with Gasteiger partial charge in [0.25, 0.3) is 5.69 Å². The average molecular weight is 454 g/mol. The molecule has 0 aliphatic rings. The lowest BCUT2D eigenvalue weighted by Gasteiger charge is -2.09. The molecule has 0 unspecified atom stereocenters. The molecule has 1 aromatic carbocycles. The molecule has 0 atom stereocenters. The highest BCUT2D eigenvalue weighted by Crippen LogP contribution is 2.35. The van der Waals surface area contributed by atoms with Crippen LogP contribution in [0.2, 0.25) is 0 Å². The number of hydrogen-bond donors (Lipinski definition) is 1. The Labute approximate surface area is 163 Å². The maximum atomic E-state index is 12.8. The number of nitrogens with zero attached hydrogens (tertiary/aromatic N) is 6. The molecular formula is C15H7BrF3N7O2. The monoisotopic (exact) mass is 453 g/mol. The Balaban J connectivity index is 2.54. The summed E-state index contributed by atoms with van der Waals surface area (Å²) in [7, 11) is 0. The van der Waals surface area contributed by atoms with E-state index in [1.54, 1.807) is 12.1 Å². The fraction of sp³-hybridized carbons (Fsp3) is 0.0667. The number of rotatable bonds is 4. The van der Waals surface area contributed by atoms with Gasteiger partial charge in [-0.2, -0.15) is 28.8 Å². The summed E-state index contributed by atoms with van der Waals surface area (Å²) in [5, 5.41) is 32.7. The van der Waals surface area contributed by atoms with Crippen LogP contribution in [0.4, 0.5) is 18.9 Å². The lowest BCUT2D eigenvalue weighted by atomic mass is 10.1. The third-order valence-electron chi connectivity index (χ3n) is 3.28. The van der Waals surface area contributed by atoms with Gasteiger partial charge in [-0.25, -0.2) is 9.67 Å². The maximum Gasteiger partial charge on any atom is 0.416 e. The summed E-state index contributed by atoms with van der Waals surface area (Å²) in [4.78, 5) is 14.0. The number of nitro groups is 1. The number of nitrogens with two attached hydrogens (primary N) is 1. The normalized spacial score (nSPS) is 12.4. The molecular weight excluding hydrogens is 447 g/mol. The maximum absolute atomic E-state index is 12.8. The van der Waals surface area contributed by atoms with E-state index < -0.39 is 28.0 Å². The van der Waals surface area contributed by atoms with Gasteiger partial charge in [0, 0.05) is 17.8 Å². The number of nitro benzene ring substituents is 1. The van der Waals surface area contributed by atoms with Crippen molar-refractivity contribution in [2.24, 2.45) is 10.7 Å². The van der Waals surface area contributed by atoms with E-state index in [2.05, 4.69) is 26.0 Å². The molecule has 2 aromatic rings. The highest BCUT2D eigenvalue weighted by atomic mass is 79.9. The molecule has 0 spiro atoms. The van der Waals surface area contributed by atoms with E-state index in [4.69, 9.17) is 16.3 Å². The van der Waals surface area contributed by atoms with Crippen molar-refractivity contribution in [1.82, 2.24) is 9.78 Å². The van der Waals surface area contributed by atoms with Gasteiger partial charge in [0.15, 0.2) is 5.70 Å². The lowest BCUT2D eigenvalue weighted by Crippen LogP contribution is -2.08. The largest absolute Gasteiger partial charge is 0.416 e. The standard InChI is InChI=1S/C15H7BrF3N7O2/c16-14-8(6-23-11(5-21)10(22)4-20)7-24-25(14)12-2-1-9(15(17,18)19)3-13(12)26(27)28/h1-3,6-7H,22H2/b11-10-,23-6?. The predicted molar refractivity (Wildman–Crippen MR) is 93.0 cm³/mol. The van der Waals surface area contributed by atoms with Crippen LogP contribution in [-0.4, -0.2) is 20.9 Å². The Bertz CT molecular complexity index is 1090. The minimum Gasteiger partial charge on any atom is -0.388 e. The van der Waals surface area contributed by atoms with Crippen molar-refractivity contribution < 1.29 is 18.1 Å². The minimum absolute atomic E-state index is 0.118. The molecule has 142 valence electrons. The Kier molecular flexibility index (Phi) is 5.81. The third-order valence-corrected chi connectivity index (χ3v) is 4.07. The van der Waals surface area contributed by atoms with Gasteiger partial charge in [-0.05, 0) is 28.1 Å². The summed E-state index contributed by atoms with van der Waals surface area (Å²) in [5.74, 6) is 0. The molecule has 28 heavy (non-hydrogen) atoms. The van der Waals surface area contributed by atoms with Crippen molar-refractivity contribution in [2.75, 3.05) is 0 Å². The Hall–Kier alpha value is -3.71. The first-order valence-electron chi connectivity index (χ1n) is 7.03. The van der Waals surface area contributed by atoms with Crippen LogP contribution in [0, 0.1) is 32.8 Å². The molecule has 0 radical (unpaired) electrons. The van der Waals surface area contributed by atoms with Gasteiger partial charge in [-0.15, -0.1) is 0 Å². The molecule has 0 aliphatic heterocycles. The van der Waals surface area contributed by atoms with Gasteiger partial charge in [-0.3, -0.25) is 10.1 Å². The second-order valence-electron chi connectivity index (χ2n) is 5.00. The van der Waals surface area contributed by atoms with E-state index in [1.165, 1.54) is 6.20 Å². The fourth-order valence-corrected chi connectivity index (χ4v) is 2.46. The molecule has 0 aliphatic carbocycles. The molecule has 9 nitrogen and oxygen atoms in total. The molecule has 0 fully saturated rings. The fourth-order valence-electron chi connectivity index (χ4n) is 1.97. The zero-order chi connectivity index (χ0) is 21.1. The highest BCUT2D eigenvalue weighted by Gasteiger charge is 2.33. The lowest BCUT2D eigenvalue weighted by molar-refractivity contribution is -0.384. The Morgan fingerprint density at radius 3 is 2.61 bits per heavy atom. The summed E-state index contributed by atoms with van der Waals surface area (Å²) in [6.45, 7) is 0. The van der Waals surface area contributed by atoms with Crippen LogP contribution in [0.3, 0.4) is 0 Å². The molecule has 1 aromatic heterocycles. The summed E-state index contributed by atoms with van der Waals surface area (Å²) in [6, 6.07) is 5.18. The van der Waals surface area contributed by atoms with Crippen LogP contribution in [0.1, 0.15) is 11.1 Å². The second kappa shape index (κ2) is 7.89. The van der Waals surface area contributed by atoms with Crippen LogP contribution in [0.25, 0.3) is 5.69 Å². The number of aliphatic imine (C=N–C) groups is 1. The van der Waals surface area contributed by atoms with E-state index in [0.717, 1.165) is 17.0 Å². The summed E-state index contributed by atoms with van der Waals surface area (Å²) in [5.41, 5.74) is 2.55. The zero-order valence-electron chi connectivity index (χ0n) is 13.5. The molecule has 0 saturated heterocycles. The molecule has 13 heteroatoms. The Morgan fingerprint density at radius 1 is 1.39 bits per heavy atom. The third kappa shape index (κ3) is 4.16. The number of benzene rings is 1. The van der Waals surface area contributed by atoms with E-state index in [-0.39, 0.29) is 21.6 Å². The summed E-state index contributed by atoms with van der Waals surface area (Å²) < 4.78 is 39.6. The number of halogens is 4. The van der Waals surface area contributed by atoms with Gasteiger partial charge in [-0.1, -0.05) is 0 Å². The average Bonchev–Trinajstić information content (AvgIpc) is 3.01. The van der Waals surface area contributed by atoms with Gasteiger partial charge >= 0.3 is 6.18 Å². The van der Waals surface area contributed by atoms with E-state index >= 15 is 0 Å². The van der Waals surface area contributed by atoms with E-state index in [1.807, 2.05) is 0 Å². The van der Waals surface area contributed by atoms with Gasteiger partial charge < -0.3 is 5.73 Å². The van der Waals surface area contributed by atoms with Crippen molar-refractivity contribution in [3.63, 3.8) is 0 Å². The first kappa shape index (κ1) is 20.6. The molecule has 0 saturated carbocycles. The summed E-state index contributed by atoms with van der Waals surface area (Å²) in [6.07, 6.45) is -2.43. The van der Waals surface area contributed by atoms with Crippen LogP contribution in [0.15, 0.2) is 45.4 Å². The Morgan fingerprint density at radius 2 is 2.07 bits per heavy atom. The zero-order valence-corrected chi connectivity index (χ0v) is 15.1. The van der Waals surface area contributed by atoms with Crippen molar-refractivity contribution in [1.29, 1.82) is 10.5 Å². The van der Waals surface area contributed by atoms with Gasteiger partial charge in [0.1, 0.15) is 28.1 Å². The highest BCUT2D eigenvalue weighted by molar-refractivity contribution is 9.10. The second-order valence-corrected chi connectivity index (χ2v) is 5.76.